The molecule has 0 amide bonds. The zero-order chi connectivity index (χ0) is 25.2. The molecule has 0 bridgehead atoms. The number of hydrogen-bond donors (Lipinski definition) is 1. The quantitative estimate of drug-likeness (QED) is 0.357. The van der Waals surface area contributed by atoms with Crippen LogP contribution in [-0.2, 0) is 22.3 Å². The summed E-state index contributed by atoms with van der Waals surface area (Å²) >= 11 is 6.06. The van der Waals surface area contributed by atoms with Gasteiger partial charge in [0.05, 0.1) is 24.8 Å². The molecule has 35 heavy (non-hydrogen) atoms. The highest BCUT2D eigenvalue weighted by atomic mass is 35.5. The van der Waals surface area contributed by atoms with Gasteiger partial charge < -0.3 is 9.84 Å². The van der Waals surface area contributed by atoms with Gasteiger partial charge in [-0.05, 0) is 90.1 Å². The van der Waals surface area contributed by atoms with Crippen molar-refractivity contribution in [3.8, 4) is 22.3 Å². The second-order valence-electron chi connectivity index (χ2n) is 8.72. The number of likely N-dealkylation sites (N-methyl/N-ethyl adjacent to an activating group) is 1. The summed E-state index contributed by atoms with van der Waals surface area (Å²) in [5, 5.41) is 9.47. The minimum Gasteiger partial charge on any atom is -0.480 e. The topological polar surface area (TPSA) is 49.8 Å². The average Bonchev–Trinajstić information content (AvgIpc) is 3.19. The summed E-state index contributed by atoms with van der Waals surface area (Å²) in [5.41, 5.74) is 3.16. The van der Waals surface area contributed by atoms with Crippen LogP contribution in [0.2, 0.25) is 5.02 Å². The second-order valence-corrected chi connectivity index (χ2v) is 9.16. The molecule has 0 saturated heterocycles. The fourth-order valence-electron chi connectivity index (χ4n) is 4.52. The summed E-state index contributed by atoms with van der Waals surface area (Å²) in [7, 11) is 1.75. The van der Waals surface area contributed by atoms with Gasteiger partial charge in [-0.25, -0.2) is 0 Å². The molecule has 8 heteroatoms. The Balaban J connectivity index is 1.72. The summed E-state index contributed by atoms with van der Waals surface area (Å²) in [5.74, 6) is -0.880. The molecule has 0 aliphatic carbocycles. The van der Waals surface area contributed by atoms with Crippen LogP contribution in [0, 0.1) is 0 Å². The van der Waals surface area contributed by atoms with Crippen LogP contribution in [0.1, 0.15) is 35.6 Å². The molecule has 4 nitrogen and oxygen atoms in total. The van der Waals surface area contributed by atoms with Gasteiger partial charge in [0.1, 0.15) is 0 Å². The van der Waals surface area contributed by atoms with E-state index >= 15 is 0 Å². The van der Waals surface area contributed by atoms with E-state index < -0.39 is 17.7 Å². The van der Waals surface area contributed by atoms with Crippen molar-refractivity contribution in [2.75, 3.05) is 20.1 Å². The summed E-state index contributed by atoms with van der Waals surface area (Å²) < 4.78 is 47.6. The van der Waals surface area contributed by atoms with Crippen molar-refractivity contribution in [2.24, 2.45) is 0 Å². The van der Waals surface area contributed by atoms with Crippen molar-refractivity contribution in [1.82, 2.24) is 4.90 Å². The molecule has 0 aromatic heterocycles. The summed E-state index contributed by atoms with van der Waals surface area (Å²) in [4.78, 5) is 12.6. The van der Waals surface area contributed by atoms with Crippen molar-refractivity contribution in [3.05, 3.63) is 82.4 Å². The van der Waals surface area contributed by atoms with E-state index in [4.69, 9.17) is 21.4 Å². The first kappa shape index (κ1) is 25.2. The lowest BCUT2D eigenvalue weighted by Crippen LogP contribution is -2.26. The first-order valence-electron chi connectivity index (χ1n) is 11.2. The van der Waals surface area contributed by atoms with Crippen LogP contribution in [0.3, 0.4) is 0 Å². The highest BCUT2D eigenvalue weighted by Crippen LogP contribution is 2.45. The minimum atomic E-state index is -4.49. The lowest BCUT2D eigenvalue weighted by Gasteiger charge is -2.19. The van der Waals surface area contributed by atoms with Crippen LogP contribution in [0.5, 0.6) is 0 Å². The number of alkyl halides is 3. The number of carbonyl (C=O) groups is 1. The number of fused-ring (bicyclic) bond motifs is 1. The molecular weight excluding hydrogens is 479 g/mol. The van der Waals surface area contributed by atoms with Gasteiger partial charge in [0, 0.05) is 5.02 Å². The molecule has 1 aliphatic rings. The first-order valence-corrected chi connectivity index (χ1v) is 11.6. The lowest BCUT2D eigenvalue weighted by atomic mass is 9.87. The van der Waals surface area contributed by atoms with E-state index in [1.165, 1.54) is 12.1 Å². The Labute approximate surface area is 206 Å². The Bertz CT molecular complexity index is 1210. The number of benzene rings is 3. The highest BCUT2D eigenvalue weighted by Gasteiger charge is 2.34. The number of nitrogens with zero attached hydrogens (tertiary/aromatic N) is 1. The predicted molar refractivity (Wildman–Crippen MR) is 129 cm³/mol. The molecule has 0 saturated carbocycles. The molecule has 3 aromatic rings. The third-order valence-corrected chi connectivity index (χ3v) is 6.41. The largest absolute Gasteiger partial charge is 0.480 e. The number of halogens is 4. The average molecular weight is 504 g/mol. The maximum atomic E-state index is 13.9. The van der Waals surface area contributed by atoms with E-state index in [0.717, 1.165) is 29.2 Å². The SMILES string of the molecule is CN(CCCC1OCc2cc(-c3ccccc3C(F)(F)F)c(-c3ccc(Cl)cc3)cc21)CC(=O)O. The first-order chi connectivity index (χ1) is 16.6. The van der Waals surface area contributed by atoms with E-state index in [-0.39, 0.29) is 18.2 Å². The molecule has 3 aromatic carbocycles. The van der Waals surface area contributed by atoms with Crippen LogP contribution >= 0.6 is 11.6 Å². The normalized spacial score (nSPS) is 15.4. The Morgan fingerprint density at radius 3 is 2.49 bits per heavy atom. The Kier molecular flexibility index (Phi) is 7.50. The van der Waals surface area contributed by atoms with E-state index in [2.05, 4.69) is 0 Å². The number of ether oxygens (including phenoxy) is 1. The van der Waals surface area contributed by atoms with Gasteiger partial charge >= 0.3 is 12.1 Å². The molecule has 1 atom stereocenters. The van der Waals surface area contributed by atoms with Crippen molar-refractivity contribution >= 4 is 17.6 Å². The van der Waals surface area contributed by atoms with Crippen molar-refractivity contribution in [2.45, 2.75) is 31.7 Å². The molecule has 184 valence electrons. The Morgan fingerprint density at radius 2 is 1.80 bits per heavy atom. The van der Waals surface area contributed by atoms with Gasteiger partial charge in [-0.1, -0.05) is 41.9 Å². The molecule has 1 aliphatic heterocycles. The van der Waals surface area contributed by atoms with Crippen LogP contribution in [0.4, 0.5) is 13.2 Å². The third kappa shape index (κ3) is 5.86. The van der Waals surface area contributed by atoms with Gasteiger partial charge in [-0.15, -0.1) is 0 Å². The van der Waals surface area contributed by atoms with Crippen LogP contribution in [0.25, 0.3) is 22.3 Å². The molecule has 1 heterocycles. The fourth-order valence-corrected chi connectivity index (χ4v) is 4.64. The smallest absolute Gasteiger partial charge is 0.417 e. The zero-order valence-electron chi connectivity index (χ0n) is 19.1. The molecule has 0 radical (unpaired) electrons. The lowest BCUT2D eigenvalue weighted by molar-refractivity contribution is -0.138. The van der Waals surface area contributed by atoms with Gasteiger partial charge in [0.25, 0.3) is 0 Å². The van der Waals surface area contributed by atoms with E-state index in [0.29, 0.717) is 35.7 Å². The van der Waals surface area contributed by atoms with Crippen LogP contribution in [0.15, 0.2) is 60.7 Å². The summed E-state index contributed by atoms with van der Waals surface area (Å²) in [6.07, 6.45) is -3.30. The summed E-state index contributed by atoms with van der Waals surface area (Å²) in [6.45, 7) is 0.875. The maximum absolute atomic E-state index is 13.9. The standard InChI is InChI=1S/C27H25ClF3NO3/c1-32(15-26(33)34)12-4-7-25-22-14-21(17-8-10-19(28)11-9-17)23(13-18(22)16-35-25)20-5-2-3-6-24(20)27(29,30)31/h2-3,5-6,8-11,13-14,25H,4,7,12,15-16H2,1H3,(H,33,34). The summed E-state index contributed by atoms with van der Waals surface area (Å²) in [6, 6.07) is 16.4. The molecule has 1 unspecified atom stereocenters. The Hall–Kier alpha value is -2.87. The van der Waals surface area contributed by atoms with E-state index in [1.807, 2.05) is 6.07 Å². The van der Waals surface area contributed by atoms with Gasteiger partial charge in [0.2, 0.25) is 0 Å². The van der Waals surface area contributed by atoms with Crippen LogP contribution in [-0.4, -0.2) is 36.1 Å². The maximum Gasteiger partial charge on any atom is 0.417 e. The highest BCUT2D eigenvalue weighted by molar-refractivity contribution is 6.30. The molecule has 0 spiro atoms. The van der Waals surface area contributed by atoms with E-state index in [9.17, 15) is 18.0 Å². The number of carboxylic acid groups (broad SMARTS) is 1. The number of aliphatic carboxylic acids is 1. The van der Waals surface area contributed by atoms with Gasteiger partial charge in [-0.2, -0.15) is 13.2 Å². The number of hydrogen-bond acceptors (Lipinski definition) is 3. The second kappa shape index (κ2) is 10.4. The number of carboxylic acids is 1. The van der Waals surface area contributed by atoms with Gasteiger partial charge in [-0.3, -0.25) is 9.69 Å². The van der Waals surface area contributed by atoms with E-state index in [1.54, 1.807) is 48.3 Å². The van der Waals surface area contributed by atoms with Crippen molar-refractivity contribution < 1.29 is 27.8 Å². The molecule has 1 N–H and O–H groups in total. The fraction of sp³-hybridized carbons (Fsp3) is 0.296. The number of rotatable bonds is 8. The van der Waals surface area contributed by atoms with Crippen LogP contribution < -0.4 is 0 Å². The van der Waals surface area contributed by atoms with Crippen molar-refractivity contribution in [1.29, 1.82) is 0 Å². The monoisotopic (exact) mass is 503 g/mol. The van der Waals surface area contributed by atoms with Gasteiger partial charge in [0.15, 0.2) is 0 Å². The van der Waals surface area contributed by atoms with Crippen molar-refractivity contribution in [3.63, 3.8) is 0 Å². The third-order valence-electron chi connectivity index (χ3n) is 6.16. The minimum absolute atomic E-state index is 0.0369. The Morgan fingerprint density at radius 1 is 1.09 bits per heavy atom. The predicted octanol–water partition coefficient (Wildman–Crippen LogP) is 7.06. The molecular formula is C27H25ClF3NO3. The molecule has 0 fully saturated rings. The molecule has 4 rings (SSSR count). The zero-order valence-corrected chi connectivity index (χ0v) is 19.9.